The first-order valence-corrected chi connectivity index (χ1v) is 10.7. The molecule has 0 aromatic heterocycles. The Balaban J connectivity index is 2.06. The number of carboxylic acids is 1. The van der Waals surface area contributed by atoms with E-state index in [0.29, 0.717) is 25.8 Å². The summed E-state index contributed by atoms with van der Waals surface area (Å²) >= 11 is 0. The third kappa shape index (κ3) is 6.51. The van der Waals surface area contributed by atoms with Gasteiger partial charge < -0.3 is 31.5 Å². The van der Waals surface area contributed by atoms with Gasteiger partial charge in [-0.1, -0.05) is 44.2 Å². The highest BCUT2D eigenvalue weighted by atomic mass is 16.4. The summed E-state index contributed by atoms with van der Waals surface area (Å²) in [5.41, 5.74) is 6.94. The second-order valence-corrected chi connectivity index (χ2v) is 8.30. The van der Waals surface area contributed by atoms with Gasteiger partial charge in [0.1, 0.15) is 18.1 Å². The molecule has 0 aliphatic carbocycles. The van der Waals surface area contributed by atoms with Crippen LogP contribution in [0.5, 0.6) is 0 Å². The van der Waals surface area contributed by atoms with E-state index in [-0.39, 0.29) is 5.92 Å². The van der Waals surface area contributed by atoms with Crippen molar-refractivity contribution < 1.29 is 29.4 Å². The Kier molecular flexibility index (Phi) is 9.15. The number of aliphatic hydroxyl groups excluding tert-OH is 1. The molecule has 1 heterocycles. The van der Waals surface area contributed by atoms with Gasteiger partial charge in [0.25, 0.3) is 0 Å². The quantitative estimate of drug-likeness (QED) is 0.314. The third-order valence-corrected chi connectivity index (χ3v) is 5.50. The molecule has 10 nitrogen and oxygen atoms in total. The highest BCUT2D eigenvalue weighted by Crippen LogP contribution is 2.21. The average molecular weight is 449 g/mol. The van der Waals surface area contributed by atoms with Crippen LogP contribution in [0.1, 0.15) is 32.3 Å². The minimum atomic E-state index is -1.45. The largest absolute Gasteiger partial charge is 0.480 e. The van der Waals surface area contributed by atoms with Crippen molar-refractivity contribution >= 4 is 23.7 Å². The molecule has 4 unspecified atom stereocenters. The number of carbonyl (C=O) groups excluding carboxylic acids is 3. The van der Waals surface area contributed by atoms with Gasteiger partial charge in [-0.15, -0.1) is 0 Å². The standard InChI is InChI=1S/C22H32N4O6/c1-13(2)18(25-19(28)15(23)11-14-7-4-3-5-8-14)21(30)26-10-6-9-17(26)20(29)24-16(12-27)22(31)32/h3-5,7-8,13,15-18,27H,6,9-12,23H2,1-2H3,(H,24,29)(H,25,28)(H,31,32). The van der Waals surface area contributed by atoms with Gasteiger partial charge in [-0.3, -0.25) is 14.4 Å². The Labute approximate surface area is 187 Å². The number of carbonyl (C=O) groups is 4. The van der Waals surface area contributed by atoms with Gasteiger partial charge in [0.15, 0.2) is 0 Å². The van der Waals surface area contributed by atoms with E-state index in [2.05, 4.69) is 10.6 Å². The van der Waals surface area contributed by atoms with E-state index >= 15 is 0 Å². The summed E-state index contributed by atoms with van der Waals surface area (Å²) in [4.78, 5) is 50.9. The molecule has 6 N–H and O–H groups in total. The van der Waals surface area contributed by atoms with Gasteiger partial charge >= 0.3 is 5.97 Å². The number of likely N-dealkylation sites (tertiary alicyclic amines) is 1. The molecule has 176 valence electrons. The Morgan fingerprint density at radius 3 is 2.38 bits per heavy atom. The molecule has 0 bridgehead atoms. The summed E-state index contributed by atoms with van der Waals surface area (Å²) in [5, 5.41) is 23.2. The van der Waals surface area contributed by atoms with Crippen molar-refractivity contribution in [2.24, 2.45) is 11.7 Å². The molecule has 1 aliphatic rings. The maximum Gasteiger partial charge on any atom is 0.328 e. The van der Waals surface area contributed by atoms with Crippen molar-refractivity contribution in [3.8, 4) is 0 Å². The van der Waals surface area contributed by atoms with Gasteiger partial charge in [0.2, 0.25) is 17.7 Å². The molecule has 3 amide bonds. The summed E-state index contributed by atoms with van der Waals surface area (Å²) in [5.74, 6) is -3.16. The zero-order valence-corrected chi connectivity index (χ0v) is 18.4. The van der Waals surface area contributed by atoms with Gasteiger partial charge in [-0.25, -0.2) is 4.79 Å². The number of rotatable bonds is 10. The highest BCUT2D eigenvalue weighted by molar-refractivity contribution is 5.94. The summed E-state index contributed by atoms with van der Waals surface area (Å²) in [7, 11) is 0. The first kappa shape index (κ1) is 25.3. The number of carboxylic acid groups (broad SMARTS) is 1. The van der Waals surface area contributed by atoms with Crippen LogP contribution >= 0.6 is 0 Å². The molecule has 0 spiro atoms. The fraction of sp³-hybridized carbons (Fsp3) is 0.545. The highest BCUT2D eigenvalue weighted by Gasteiger charge is 2.39. The predicted molar refractivity (Wildman–Crippen MR) is 116 cm³/mol. The predicted octanol–water partition coefficient (Wildman–Crippen LogP) is -0.750. The second kappa shape index (κ2) is 11.6. The normalized spacial score (nSPS) is 18.7. The fourth-order valence-electron chi connectivity index (χ4n) is 3.67. The number of nitrogens with one attached hydrogen (secondary N) is 2. The monoisotopic (exact) mass is 448 g/mol. The number of hydrogen-bond acceptors (Lipinski definition) is 6. The van der Waals surface area contributed by atoms with Crippen molar-refractivity contribution in [1.29, 1.82) is 0 Å². The summed E-state index contributed by atoms with van der Waals surface area (Å²) in [6.45, 7) is 3.11. The molecule has 10 heteroatoms. The number of hydrogen-bond donors (Lipinski definition) is 5. The van der Waals surface area contributed by atoms with Gasteiger partial charge in [-0.2, -0.15) is 0 Å². The van der Waals surface area contributed by atoms with Crippen molar-refractivity contribution in [1.82, 2.24) is 15.5 Å². The number of nitrogens with zero attached hydrogens (tertiary/aromatic N) is 1. The van der Waals surface area contributed by atoms with E-state index < -0.39 is 54.5 Å². The number of amides is 3. The van der Waals surface area contributed by atoms with Gasteiger partial charge in [-0.05, 0) is 30.7 Å². The average Bonchev–Trinajstić information content (AvgIpc) is 3.25. The molecule has 1 aromatic rings. The number of aliphatic hydroxyl groups is 1. The molecule has 0 saturated carbocycles. The van der Waals surface area contributed by atoms with E-state index in [1.807, 2.05) is 30.3 Å². The van der Waals surface area contributed by atoms with Crippen molar-refractivity contribution in [3.05, 3.63) is 35.9 Å². The van der Waals surface area contributed by atoms with Crippen LogP contribution in [0.15, 0.2) is 30.3 Å². The van der Waals surface area contributed by atoms with E-state index in [9.17, 15) is 19.2 Å². The lowest BCUT2D eigenvalue weighted by atomic mass is 10.0. The topological polar surface area (TPSA) is 162 Å². The first-order valence-electron chi connectivity index (χ1n) is 10.7. The van der Waals surface area contributed by atoms with E-state index in [4.69, 9.17) is 15.9 Å². The van der Waals surface area contributed by atoms with Crippen LogP contribution in [0.25, 0.3) is 0 Å². The lowest BCUT2D eigenvalue weighted by Gasteiger charge is -2.31. The SMILES string of the molecule is CC(C)C(NC(=O)C(N)Cc1ccccc1)C(=O)N1CCCC1C(=O)NC(CO)C(=O)O. The lowest BCUT2D eigenvalue weighted by molar-refractivity contribution is -0.146. The molecule has 1 aromatic carbocycles. The molecule has 4 atom stereocenters. The summed E-state index contributed by atoms with van der Waals surface area (Å²) < 4.78 is 0. The minimum absolute atomic E-state index is 0.260. The Hall–Kier alpha value is -2.98. The fourth-order valence-corrected chi connectivity index (χ4v) is 3.67. The summed E-state index contributed by atoms with van der Waals surface area (Å²) in [6, 6.07) is 5.25. The lowest BCUT2D eigenvalue weighted by Crippen LogP contribution is -2.58. The zero-order chi connectivity index (χ0) is 23.8. The van der Waals surface area contributed by atoms with Crippen LogP contribution in [0.3, 0.4) is 0 Å². The molecule has 1 fully saturated rings. The van der Waals surface area contributed by atoms with Crippen molar-refractivity contribution in [2.45, 2.75) is 57.3 Å². The second-order valence-electron chi connectivity index (χ2n) is 8.30. The van der Waals surface area contributed by atoms with E-state index in [1.165, 1.54) is 4.90 Å². The minimum Gasteiger partial charge on any atom is -0.480 e. The number of nitrogens with two attached hydrogens (primary N) is 1. The number of benzene rings is 1. The summed E-state index contributed by atoms with van der Waals surface area (Å²) in [6.07, 6.45) is 1.24. The van der Waals surface area contributed by atoms with Crippen LogP contribution < -0.4 is 16.4 Å². The molecule has 1 aliphatic heterocycles. The van der Waals surface area contributed by atoms with Crippen LogP contribution in [0.2, 0.25) is 0 Å². The van der Waals surface area contributed by atoms with Crippen LogP contribution in [0, 0.1) is 5.92 Å². The Morgan fingerprint density at radius 2 is 1.81 bits per heavy atom. The molecule has 0 radical (unpaired) electrons. The molecule has 2 rings (SSSR count). The van der Waals surface area contributed by atoms with Crippen LogP contribution in [0.4, 0.5) is 0 Å². The van der Waals surface area contributed by atoms with E-state index in [1.54, 1.807) is 13.8 Å². The molecule has 1 saturated heterocycles. The number of aliphatic carboxylic acids is 1. The third-order valence-electron chi connectivity index (χ3n) is 5.50. The molecule has 32 heavy (non-hydrogen) atoms. The Bertz CT molecular complexity index is 816. The maximum absolute atomic E-state index is 13.2. The zero-order valence-electron chi connectivity index (χ0n) is 18.4. The van der Waals surface area contributed by atoms with Gasteiger partial charge in [0, 0.05) is 6.54 Å². The van der Waals surface area contributed by atoms with E-state index in [0.717, 1.165) is 5.56 Å². The molecular weight excluding hydrogens is 416 g/mol. The van der Waals surface area contributed by atoms with Crippen LogP contribution in [-0.4, -0.2) is 76.1 Å². The maximum atomic E-state index is 13.2. The smallest absolute Gasteiger partial charge is 0.328 e. The first-order chi connectivity index (χ1) is 15.1. The van der Waals surface area contributed by atoms with Crippen molar-refractivity contribution in [3.63, 3.8) is 0 Å². The molecular formula is C22H32N4O6. The van der Waals surface area contributed by atoms with Crippen molar-refractivity contribution in [2.75, 3.05) is 13.2 Å². The Morgan fingerprint density at radius 1 is 1.16 bits per heavy atom. The van der Waals surface area contributed by atoms with Crippen LogP contribution in [-0.2, 0) is 25.6 Å². The van der Waals surface area contributed by atoms with Gasteiger partial charge in [0.05, 0.1) is 12.6 Å².